The van der Waals surface area contributed by atoms with Crippen molar-refractivity contribution in [1.29, 1.82) is 0 Å². The molecule has 2 heterocycles. The predicted octanol–water partition coefficient (Wildman–Crippen LogP) is 5.16. The molecule has 5 nitrogen and oxygen atoms in total. The molecular weight excluding hydrogens is 484 g/mol. The molecule has 2 aliphatic heterocycles. The van der Waals surface area contributed by atoms with Crippen LogP contribution in [0.3, 0.4) is 0 Å². The molecule has 0 amide bonds. The molecule has 202 valence electrons. The number of phenols is 1. The second-order valence-electron chi connectivity index (χ2n) is 12.9. The molecule has 0 aromatic heterocycles. The summed E-state index contributed by atoms with van der Waals surface area (Å²) in [7, 11) is 0. The Morgan fingerprint density at radius 2 is 1.59 bits per heavy atom. The maximum atomic E-state index is 12.8. The third-order valence-electron chi connectivity index (χ3n) is 10.6. The average molecular weight is 523 g/mol. The molecule has 1 saturated heterocycles. The number of rotatable bonds is 7. The second kappa shape index (κ2) is 8.57. The monoisotopic (exact) mass is 522 g/mol. The molecule has 3 aromatic carbocycles. The van der Waals surface area contributed by atoms with Crippen LogP contribution in [-0.4, -0.2) is 56.4 Å². The minimum absolute atomic E-state index is 0.117. The molecule has 5 aliphatic rings. The van der Waals surface area contributed by atoms with Gasteiger partial charge in [0.2, 0.25) is 0 Å². The van der Waals surface area contributed by atoms with E-state index in [-0.39, 0.29) is 23.9 Å². The molecule has 2 unspecified atom stereocenters. The van der Waals surface area contributed by atoms with Crippen LogP contribution in [0.25, 0.3) is 0 Å². The smallest absolute Gasteiger partial charge is 0.165 e. The summed E-state index contributed by atoms with van der Waals surface area (Å²) in [4.78, 5) is 5.16. The Morgan fingerprint density at radius 3 is 2.23 bits per heavy atom. The maximum Gasteiger partial charge on any atom is 0.165 e. The zero-order chi connectivity index (χ0) is 26.4. The van der Waals surface area contributed by atoms with Gasteiger partial charge >= 0.3 is 0 Å². The third kappa shape index (κ3) is 3.49. The number of aryl methyl sites for hydroxylation is 1. The van der Waals surface area contributed by atoms with Crippen molar-refractivity contribution in [3.05, 3.63) is 95.1 Å². The van der Waals surface area contributed by atoms with E-state index in [1.807, 2.05) is 6.07 Å². The largest absolute Gasteiger partial charge is 0.504 e. The van der Waals surface area contributed by atoms with Gasteiger partial charge in [-0.05, 0) is 67.7 Å². The summed E-state index contributed by atoms with van der Waals surface area (Å²) < 4.78 is 6.89. The predicted molar refractivity (Wildman–Crippen MR) is 151 cm³/mol. The molecule has 5 heteroatoms. The van der Waals surface area contributed by atoms with Gasteiger partial charge in [0, 0.05) is 37.3 Å². The molecular formula is C34H38N2O3. The molecule has 0 bridgehead atoms. The van der Waals surface area contributed by atoms with Crippen LogP contribution in [0.5, 0.6) is 11.5 Å². The average Bonchev–Trinajstić information content (AvgIpc) is 3.83. The van der Waals surface area contributed by atoms with Gasteiger partial charge in [-0.15, -0.1) is 0 Å². The third-order valence-corrected chi connectivity index (χ3v) is 10.6. The summed E-state index contributed by atoms with van der Waals surface area (Å²) in [5.74, 6) is 1.63. The Hall–Kier alpha value is -2.86. The normalized spacial score (nSPS) is 35.6. The molecule has 7 atom stereocenters. The number of hydrogen-bond donors (Lipinski definition) is 2. The van der Waals surface area contributed by atoms with E-state index in [2.05, 4.69) is 77.4 Å². The van der Waals surface area contributed by atoms with E-state index in [0.717, 1.165) is 55.9 Å². The fraction of sp³-hybridized carbons (Fsp3) is 0.471. The topological polar surface area (TPSA) is 55.9 Å². The molecule has 3 saturated carbocycles. The summed E-state index contributed by atoms with van der Waals surface area (Å²) >= 11 is 0. The van der Waals surface area contributed by atoms with Crippen molar-refractivity contribution in [2.45, 2.75) is 87.4 Å². The van der Waals surface area contributed by atoms with E-state index < -0.39 is 11.0 Å². The van der Waals surface area contributed by atoms with Gasteiger partial charge in [0.25, 0.3) is 0 Å². The fourth-order valence-corrected chi connectivity index (χ4v) is 8.76. The number of piperidine rings is 1. The van der Waals surface area contributed by atoms with Crippen molar-refractivity contribution in [1.82, 2.24) is 9.80 Å². The SMILES string of the molecule is Cc1ccc(O)c2c1[C@]13CC4[C@@H](N4CC4CC4)[C@]1(O)CC[C@@H](N(Cc1ccccc1)Cc1ccccc1)[C@@H]3O2. The summed E-state index contributed by atoms with van der Waals surface area (Å²) in [6, 6.07) is 25.9. The Labute approximate surface area is 231 Å². The van der Waals surface area contributed by atoms with E-state index in [1.54, 1.807) is 6.07 Å². The van der Waals surface area contributed by atoms with Crippen LogP contribution in [0.2, 0.25) is 0 Å². The Balaban J connectivity index is 1.21. The summed E-state index contributed by atoms with van der Waals surface area (Å²) in [6.07, 6.45) is 4.99. The van der Waals surface area contributed by atoms with Crippen molar-refractivity contribution >= 4 is 0 Å². The highest BCUT2D eigenvalue weighted by Gasteiger charge is 2.81. The zero-order valence-electron chi connectivity index (χ0n) is 22.7. The minimum atomic E-state index is -0.845. The van der Waals surface area contributed by atoms with Crippen molar-refractivity contribution < 1.29 is 14.9 Å². The molecule has 8 rings (SSSR count). The first-order chi connectivity index (χ1) is 19.0. The highest BCUT2D eigenvalue weighted by molar-refractivity contribution is 5.62. The van der Waals surface area contributed by atoms with Crippen LogP contribution in [0.1, 0.15) is 54.4 Å². The van der Waals surface area contributed by atoms with Gasteiger partial charge in [0.05, 0.1) is 17.1 Å². The number of aliphatic hydroxyl groups is 1. The van der Waals surface area contributed by atoms with Gasteiger partial charge in [-0.1, -0.05) is 66.7 Å². The zero-order valence-corrected chi connectivity index (χ0v) is 22.7. The summed E-state index contributed by atoms with van der Waals surface area (Å²) in [5, 5.41) is 23.8. The first kappa shape index (κ1) is 24.0. The molecule has 1 spiro atoms. The lowest BCUT2D eigenvalue weighted by Gasteiger charge is -2.54. The van der Waals surface area contributed by atoms with Gasteiger partial charge in [-0.25, -0.2) is 0 Å². The van der Waals surface area contributed by atoms with Gasteiger partial charge in [0.1, 0.15) is 6.10 Å². The van der Waals surface area contributed by atoms with Gasteiger partial charge in [-0.2, -0.15) is 0 Å². The van der Waals surface area contributed by atoms with E-state index in [1.165, 1.54) is 24.0 Å². The lowest BCUT2D eigenvalue weighted by molar-refractivity contribution is -0.134. The van der Waals surface area contributed by atoms with Crippen LogP contribution < -0.4 is 4.74 Å². The Morgan fingerprint density at radius 1 is 0.923 bits per heavy atom. The number of phenolic OH excluding ortho intramolecular Hbond substituents is 1. The van der Waals surface area contributed by atoms with Crippen molar-refractivity contribution in [2.75, 3.05) is 6.54 Å². The second-order valence-corrected chi connectivity index (χ2v) is 12.9. The maximum absolute atomic E-state index is 12.8. The van der Waals surface area contributed by atoms with E-state index in [4.69, 9.17) is 4.74 Å². The minimum Gasteiger partial charge on any atom is -0.504 e. The molecule has 4 fully saturated rings. The van der Waals surface area contributed by atoms with E-state index in [0.29, 0.717) is 11.8 Å². The number of hydrogen-bond acceptors (Lipinski definition) is 5. The number of benzene rings is 3. The highest BCUT2D eigenvalue weighted by Crippen LogP contribution is 2.70. The molecule has 3 aliphatic carbocycles. The van der Waals surface area contributed by atoms with Gasteiger partial charge < -0.3 is 14.9 Å². The molecule has 3 aromatic rings. The standard InChI is InChI=1S/C34H38N2O3/c1-22-12-15-28(37)30-29(22)33-18-27-31(36(27)21-25-13-14-25)34(33,38)17-16-26(32(33)39-30)35(19-23-8-4-2-5-9-23)20-24-10-6-3-7-11-24/h2-12,15,25-27,31-32,37-38H,13-14,16-21H2,1H3/t26-,27?,31-,32+,33+,34-,36?/m1/s1. The van der Waals surface area contributed by atoms with E-state index in [9.17, 15) is 10.2 Å². The number of fused-ring (bicyclic) bond motifs is 3. The molecule has 0 radical (unpaired) electrons. The van der Waals surface area contributed by atoms with Crippen LogP contribution in [0.4, 0.5) is 0 Å². The van der Waals surface area contributed by atoms with Crippen molar-refractivity contribution in [3.63, 3.8) is 0 Å². The lowest BCUT2D eigenvalue weighted by Crippen LogP contribution is -2.68. The van der Waals surface area contributed by atoms with Crippen molar-refractivity contribution in [2.24, 2.45) is 5.92 Å². The van der Waals surface area contributed by atoms with Crippen molar-refractivity contribution in [3.8, 4) is 11.5 Å². The quantitative estimate of drug-likeness (QED) is 0.420. The summed E-state index contributed by atoms with van der Waals surface area (Å²) in [5.41, 5.74) is 3.40. The van der Waals surface area contributed by atoms with Crippen LogP contribution in [0, 0.1) is 12.8 Å². The molecule has 39 heavy (non-hydrogen) atoms. The Bertz CT molecular complexity index is 1350. The van der Waals surface area contributed by atoms with Crippen LogP contribution in [-0.2, 0) is 18.5 Å². The number of aromatic hydroxyl groups is 1. The fourth-order valence-electron chi connectivity index (χ4n) is 8.76. The summed E-state index contributed by atoms with van der Waals surface area (Å²) in [6.45, 7) is 4.89. The van der Waals surface area contributed by atoms with Crippen LogP contribution in [0.15, 0.2) is 72.8 Å². The van der Waals surface area contributed by atoms with Crippen LogP contribution >= 0.6 is 0 Å². The molecule has 2 N–H and O–H groups in total. The van der Waals surface area contributed by atoms with E-state index >= 15 is 0 Å². The number of ether oxygens (including phenoxy) is 1. The van der Waals surface area contributed by atoms with Gasteiger partial charge in [-0.3, -0.25) is 9.80 Å². The first-order valence-corrected chi connectivity index (χ1v) is 14.8. The number of nitrogens with zero attached hydrogens (tertiary/aromatic N) is 2. The van der Waals surface area contributed by atoms with Gasteiger partial charge in [0.15, 0.2) is 11.5 Å². The Kier molecular flexibility index (Phi) is 5.27. The first-order valence-electron chi connectivity index (χ1n) is 14.8. The highest BCUT2D eigenvalue weighted by atomic mass is 16.5. The number of likely N-dealkylation sites (tertiary alicyclic amines) is 1. The lowest BCUT2D eigenvalue weighted by atomic mass is 9.57.